The van der Waals surface area contributed by atoms with Crippen molar-refractivity contribution in [1.82, 2.24) is 0 Å². The Labute approximate surface area is 85.1 Å². The van der Waals surface area contributed by atoms with Crippen LogP contribution >= 0.6 is 11.6 Å². The lowest BCUT2D eigenvalue weighted by molar-refractivity contribution is 0.101. The van der Waals surface area contributed by atoms with Crippen molar-refractivity contribution in [3.8, 4) is 11.5 Å². The second kappa shape index (κ2) is 4.28. The van der Waals surface area contributed by atoms with Crippen molar-refractivity contribution >= 4 is 17.4 Å². The van der Waals surface area contributed by atoms with E-state index in [4.69, 9.17) is 11.6 Å². The molecule has 0 atom stereocenters. The Morgan fingerprint density at radius 3 is 2.79 bits per heavy atom. The number of rotatable bonds is 3. The minimum absolute atomic E-state index is 0.0198. The lowest BCUT2D eigenvalue weighted by atomic mass is 10.1. The fourth-order valence-electron chi connectivity index (χ4n) is 0.999. The highest BCUT2D eigenvalue weighted by molar-refractivity contribution is 6.30. The van der Waals surface area contributed by atoms with Crippen LogP contribution in [0.15, 0.2) is 12.1 Å². The van der Waals surface area contributed by atoms with Crippen LogP contribution in [0.1, 0.15) is 10.4 Å². The Bertz CT molecular complexity index is 365. The zero-order chi connectivity index (χ0) is 10.7. The maximum Gasteiger partial charge on any atom is 0.195 e. The highest BCUT2D eigenvalue weighted by Gasteiger charge is 2.17. The van der Waals surface area contributed by atoms with Gasteiger partial charge in [0.15, 0.2) is 23.1 Å². The van der Waals surface area contributed by atoms with Crippen LogP contribution in [-0.4, -0.2) is 23.9 Å². The third kappa shape index (κ3) is 1.80. The smallest absolute Gasteiger partial charge is 0.195 e. The summed E-state index contributed by atoms with van der Waals surface area (Å²) in [5.41, 5.74) is -0.238. The normalized spacial score (nSPS) is 9.93. The van der Waals surface area contributed by atoms with Crippen molar-refractivity contribution in [3.63, 3.8) is 0 Å². The Balaban J connectivity index is 3.24. The third-order valence-corrected chi connectivity index (χ3v) is 1.96. The number of carbonyl (C=O) groups excluding carboxylic acids is 1. The maximum atomic E-state index is 13.3. The number of ketones is 1. The molecular formula is C9H8ClFO3. The Morgan fingerprint density at radius 2 is 2.29 bits per heavy atom. The first kappa shape index (κ1) is 10.8. The van der Waals surface area contributed by atoms with Gasteiger partial charge in [-0.1, -0.05) is 0 Å². The number of phenolic OH excluding ortho intramolecular Hbond substituents is 1. The summed E-state index contributed by atoms with van der Waals surface area (Å²) in [6.07, 6.45) is 0. The molecule has 0 aliphatic heterocycles. The molecule has 76 valence electrons. The largest absolute Gasteiger partial charge is 0.502 e. The fraction of sp³-hybridized carbons (Fsp3) is 0.222. The van der Waals surface area contributed by atoms with Gasteiger partial charge >= 0.3 is 0 Å². The van der Waals surface area contributed by atoms with Gasteiger partial charge in [-0.15, -0.1) is 11.6 Å². The van der Waals surface area contributed by atoms with Gasteiger partial charge < -0.3 is 9.84 Å². The number of aromatic hydroxyl groups is 1. The number of carbonyl (C=O) groups is 1. The van der Waals surface area contributed by atoms with E-state index in [1.165, 1.54) is 19.2 Å². The molecule has 1 N–H and O–H groups in total. The monoisotopic (exact) mass is 218 g/mol. The minimum Gasteiger partial charge on any atom is -0.502 e. The molecule has 1 aromatic carbocycles. The molecule has 0 saturated carbocycles. The van der Waals surface area contributed by atoms with Crippen LogP contribution in [0.2, 0.25) is 0 Å². The fourth-order valence-corrected chi connectivity index (χ4v) is 1.14. The summed E-state index contributed by atoms with van der Waals surface area (Å²) in [6, 6.07) is 2.52. The first-order chi connectivity index (χ1) is 6.61. The highest BCUT2D eigenvalue weighted by atomic mass is 35.5. The van der Waals surface area contributed by atoms with Gasteiger partial charge in [-0.05, 0) is 12.1 Å². The zero-order valence-corrected chi connectivity index (χ0v) is 8.14. The molecule has 0 unspecified atom stereocenters. The molecule has 5 heteroatoms. The van der Waals surface area contributed by atoms with E-state index in [1.807, 2.05) is 0 Å². The van der Waals surface area contributed by atoms with Crippen LogP contribution < -0.4 is 4.74 Å². The summed E-state index contributed by atoms with van der Waals surface area (Å²) in [6.45, 7) is 0. The molecule has 0 aliphatic rings. The summed E-state index contributed by atoms with van der Waals surface area (Å²) in [4.78, 5) is 11.1. The van der Waals surface area contributed by atoms with Crippen LogP contribution in [0.3, 0.4) is 0 Å². The van der Waals surface area contributed by atoms with Gasteiger partial charge in [0.25, 0.3) is 0 Å². The van der Waals surface area contributed by atoms with Crippen molar-refractivity contribution in [2.75, 3.05) is 13.0 Å². The van der Waals surface area contributed by atoms with Crippen molar-refractivity contribution in [2.24, 2.45) is 0 Å². The highest BCUT2D eigenvalue weighted by Crippen LogP contribution is 2.30. The van der Waals surface area contributed by atoms with E-state index >= 15 is 0 Å². The average molecular weight is 219 g/mol. The van der Waals surface area contributed by atoms with Crippen molar-refractivity contribution in [3.05, 3.63) is 23.5 Å². The maximum absolute atomic E-state index is 13.3. The second-order valence-corrected chi connectivity index (χ2v) is 2.80. The SMILES string of the molecule is COc1ccc(C(=O)CCl)c(F)c1O. The molecule has 0 saturated heterocycles. The Kier molecular flexibility index (Phi) is 3.30. The summed E-state index contributed by atoms with van der Waals surface area (Å²) in [7, 11) is 1.29. The number of ether oxygens (including phenoxy) is 1. The standard InChI is InChI=1S/C9H8ClFO3/c1-14-7-3-2-5(6(12)4-10)8(11)9(7)13/h2-3,13H,4H2,1H3. The van der Waals surface area contributed by atoms with E-state index in [-0.39, 0.29) is 17.2 Å². The van der Waals surface area contributed by atoms with Gasteiger partial charge in [0.05, 0.1) is 18.6 Å². The molecule has 0 aromatic heterocycles. The number of halogens is 2. The van der Waals surface area contributed by atoms with E-state index < -0.39 is 17.3 Å². The molecule has 0 fully saturated rings. The number of phenols is 1. The number of benzene rings is 1. The number of Topliss-reactive ketones (excluding diaryl/α,β-unsaturated/α-hetero) is 1. The lowest BCUT2D eigenvalue weighted by Gasteiger charge is -2.06. The molecular weight excluding hydrogens is 211 g/mol. The quantitative estimate of drug-likeness (QED) is 0.623. The summed E-state index contributed by atoms with van der Waals surface area (Å²) >= 11 is 5.26. The molecule has 1 aromatic rings. The molecule has 0 aliphatic carbocycles. The predicted molar refractivity (Wildman–Crippen MR) is 49.7 cm³/mol. The second-order valence-electron chi connectivity index (χ2n) is 2.53. The van der Waals surface area contributed by atoms with E-state index in [1.54, 1.807) is 0 Å². The van der Waals surface area contributed by atoms with Gasteiger partial charge in [-0.2, -0.15) is 0 Å². The van der Waals surface area contributed by atoms with E-state index in [0.29, 0.717) is 0 Å². The van der Waals surface area contributed by atoms with Crippen LogP contribution in [0.25, 0.3) is 0 Å². The molecule has 0 heterocycles. The van der Waals surface area contributed by atoms with E-state index in [9.17, 15) is 14.3 Å². The van der Waals surface area contributed by atoms with Gasteiger partial charge in [0, 0.05) is 0 Å². The average Bonchev–Trinajstić information content (AvgIpc) is 2.21. The molecule has 1 rings (SSSR count). The molecule has 0 spiro atoms. The van der Waals surface area contributed by atoms with E-state index in [2.05, 4.69) is 4.74 Å². The van der Waals surface area contributed by atoms with Gasteiger partial charge in [0.2, 0.25) is 0 Å². The van der Waals surface area contributed by atoms with Crippen LogP contribution in [0, 0.1) is 5.82 Å². The number of hydrogen-bond donors (Lipinski definition) is 1. The van der Waals surface area contributed by atoms with E-state index in [0.717, 1.165) is 0 Å². The molecule has 0 amide bonds. The van der Waals surface area contributed by atoms with Crippen molar-refractivity contribution < 1.29 is 19.0 Å². The Morgan fingerprint density at radius 1 is 1.64 bits per heavy atom. The lowest BCUT2D eigenvalue weighted by Crippen LogP contribution is -2.04. The van der Waals surface area contributed by atoms with Crippen LogP contribution in [0.5, 0.6) is 11.5 Å². The summed E-state index contributed by atoms with van der Waals surface area (Å²) < 4.78 is 17.9. The number of hydrogen-bond acceptors (Lipinski definition) is 3. The van der Waals surface area contributed by atoms with Gasteiger partial charge in [-0.3, -0.25) is 4.79 Å². The zero-order valence-electron chi connectivity index (χ0n) is 7.38. The topological polar surface area (TPSA) is 46.5 Å². The molecule has 14 heavy (non-hydrogen) atoms. The first-order valence-electron chi connectivity index (χ1n) is 3.76. The van der Waals surface area contributed by atoms with Crippen LogP contribution in [0.4, 0.5) is 4.39 Å². The first-order valence-corrected chi connectivity index (χ1v) is 4.30. The van der Waals surface area contributed by atoms with Crippen molar-refractivity contribution in [1.29, 1.82) is 0 Å². The number of alkyl halides is 1. The summed E-state index contributed by atoms with van der Waals surface area (Å²) in [5.74, 6) is -2.61. The van der Waals surface area contributed by atoms with Crippen LogP contribution in [-0.2, 0) is 0 Å². The van der Waals surface area contributed by atoms with Gasteiger partial charge in [0.1, 0.15) is 0 Å². The molecule has 0 radical (unpaired) electrons. The van der Waals surface area contributed by atoms with Crippen molar-refractivity contribution in [2.45, 2.75) is 0 Å². The Hall–Kier alpha value is -1.29. The van der Waals surface area contributed by atoms with Gasteiger partial charge in [-0.25, -0.2) is 4.39 Å². The minimum atomic E-state index is -1.00. The predicted octanol–water partition coefficient (Wildman–Crippen LogP) is 1.96. The molecule has 3 nitrogen and oxygen atoms in total. The number of methoxy groups -OCH3 is 1. The summed E-state index contributed by atoms with van der Waals surface area (Å²) in [5, 5.41) is 9.23. The third-order valence-electron chi connectivity index (χ3n) is 1.72. The molecule has 0 bridgehead atoms.